The van der Waals surface area contributed by atoms with Gasteiger partial charge in [-0.05, 0) is 38.1 Å². The summed E-state index contributed by atoms with van der Waals surface area (Å²) in [5.74, 6) is -1.80. The molecule has 6 nitrogen and oxygen atoms in total. The highest BCUT2D eigenvalue weighted by Gasteiger charge is 2.37. The van der Waals surface area contributed by atoms with Crippen molar-refractivity contribution in [3.8, 4) is 0 Å². The summed E-state index contributed by atoms with van der Waals surface area (Å²) in [6, 6.07) is 14.3. The first-order valence-electron chi connectivity index (χ1n) is 8.98. The molecule has 2 aromatic rings. The van der Waals surface area contributed by atoms with Crippen LogP contribution in [0, 0.1) is 12.8 Å². The molecular formula is C21H21ClN2O4. The Labute approximate surface area is 168 Å². The number of benzene rings is 2. The van der Waals surface area contributed by atoms with Gasteiger partial charge in [0.1, 0.15) is 0 Å². The first-order valence-corrected chi connectivity index (χ1v) is 9.36. The molecule has 2 aromatic carbocycles. The number of hydrogen-bond donors (Lipinski definition) is 1. The van der Waals surface area contributed by atoms with E-state index < -0.39 is 23.9 Å². The molecule has 1 N–H and O–H groups in total. The maximum absolute atomic E-state index is 12.4. The second kappa shape index (κ2) is 8.44. The van der Waals surface area contributed by atoms with Crippen LogP contribution in [0.2, 0.25) is 5.02 Å². The Morgan fingerprint density at radius 3 is 2.54 bits per heavy atom. The van der Waals surface area contributed by atoms with Crippen molar-refractivity contribution in [3.05, 3.63) is 59.1 Å². The molecule has 0 bridgehead atoms. The summed E-state index contributed by atoms with van der Waals surface area (Å²) in [6.07, 6.45) is -0.946. The predicted octanol–water partition coefficient (Wildman–Crippen LogP) is 3.57. The number of rotatable bonds is 5. The third-order valence-corrected chi connectivity index (χ3v) is 4.93. The van der Waals surface area contributed by atoms with Gasteiger partial charge in [-0.3, -0.25) is 14.4 Å². The number of para-hydroxylation sites is 1. The van der Waals surface area contributed by atoms with Crippen LogP contribution in [-0.2, 0) is 19.1 Å². The molecule has 0 unspecified atom stereocenters. The van der Waals surface area contributed by atoms with E-state index in [1.54, 1.807) is 29.2 Å². The predicted molar refractivity (Wildman–Crippen MR) is 107 cm³/mol. The number of aryl methyl sites for hydroxylation is 1. The number of halogens is 1. The minimum Gasteiger partial charge on any atom is -0.452 e. The molecule has 1 aliphatic rings. The lowest BCUT2D eigenvalue weighted by Gasteiger charge is -2.18. The normalized spacial score (nSPS) is 17.3. The number of esters is 1. The van der Waals surface area contributed by atoms with Crippen LogP contribution >= 0.6 is 11.6 Å². The molecule has 0 aromatic heterocycles. The zero-order valence-electron chi connectivity index (χ0n) is 15.6. The molecule has 1 fully saturated rings. The molecule has 0 saturated carbocycles. The lowest BCUT2D eigenvalue weighted by Crippen LogP contribution is -2.33. The number of nitrogens with one attached hydrogen (secondary N) is 1. The molecule has 1 saturated heterocycles. The third kappa shape index (κ3) is 4.51. The fraction of sp³-hybridized carbons (Fsp3) is 0.286. The van der Waals surface area contributed by atoms with Gasteiger partial charge in [-0.2, -0.15) is 0 Å². The average Bonchev–Trinajstić information content (AvgIpc) is 3.06. The summed E-state index contributed by atoms with van der Waals surface area (Å²) in [5, 5.41) is 3.02. The van der Waals surface area contributed by atoms with Crippen molar-refractivity contribution in [2.24, 2.45) is 5.92 Å². The van der Waals surface area contributed by atoms with Crippen molar-refractivity contribution in [1.29, 1.82) is 0 Å². The molecule has 2 atom stereocenters. The number of anilines is 2. The summed E-state index contributed by atoms with van der Waals surface area (Å²) in [7, 11) is 0. The fourth-order valence-corrected chi connectivity index (χ4v) is 3.14. The summed E-state index contributed by atoms with van der Waals surface area (Å²) in [5.41, 5.74) is 2.28. The quantitative estimate of drug-likeness (QED) is 0.778. The van der Waals surface area contributed by atoms with Gasteiger partial charge in [-0.1, -0.05) is 41.4 Å². The molecule has 1 aliphatic heterocycles. The minimum atomic E-state index is -1.01. The Morgan fingerprint density at radius 2 is 1.86 bits per heavy atom. The van der Waals surface area contributed by atoms with E-state index in [0.717, 1.165) is 11.3 Å². The number of carbonyl (C=O) groups is 3. The molecule has 0 radical (unpaired) electrons. The largest absolute Gasteiger partial charge is 0.452 e. The number of nitrogens with zero attached hydrogens (tertiary/aromatic N) is 1. The SMILES string of the molecule is Cc1ccc(N2C[C@H](C(=O)O[C@@H](C)C(=O)Nc3ccccc3Cl)CC2=O)cc1. The monoisotopic (exact) mass is 400 g/mol. The Morgan fingerprint density at radius 1 is 1.18 bits per heavy atom. The molecular weight excluding hydrogens is 380 g/mol. The van der Waals surface area contributed by atoms with E-state index in [9.17, 15) is 14.4 Å². The summed E-state index contributed by atoms with van der Waals surface area (Å²) < 4.78 is 5.29. The molecule has 0 spiro atoms. The highest BCUT2D eigenvalue weighted by molar-refractivity contribution is 6.33. The number of ether oxygens (including phenoxy) is 1. The van der Waals surface area contributed by atoms with E-state index >= 15 is 0 Å². The minimum absolute atomic E-state index is 0.0611. The topological polar surface area (TPSA) is 75.7 Å². The summed E-state index contributed by atoms with van der Waals surface area (Å²) in [6.45, 7) is 3.68. The van der Waals surface area contributed by atoms with E-state index in [0.29, 0.717) is 10.7 Å². The zero-order valence-corrected chi connectivity index (χ0v) is 16.4. The van der Waals surface area contributed by atoms with Crippen LogP contribution in [0.15, 0.2) is 48.5 Å². The van der Waals surface area contributed by atoms with Crippen molar-refractivity contribution in [2.75, 3.05) is 16.8 Å². The van der Waals surface area contributed by atoms with Crippen LogP contribution in [0.5, 0.6) is 0 Å². The molecule has 2 amide bonds. The van der Waals surface area contributed by atoms with Crippen LogP contribution in [0.25, 0.3) is 0 Å². The molecule has 0 aliphatic carbocycles. The highest BCUT2D eigenvalue weighted by atomic mass is 35.5. The maximum atomic E-state index is 12.4. The van der Waals surface area contributed by atoms with Crippen molar-refractivity contribution in [3.63, 3.8) is 0 Å². The smallest absolute Gasteiger partial charge is 0.312 e. The Bertz CT molecular complexity index is 898. The van der Waals surface area contributed by atoms with E-state index in [2.05, 4.69) is 5.32 Å². The van der Waals surface area contributed by atoms with Gasteiger partial charge in [-0.25, -0.2) is 0 Å². The van der Waals surface area contributed by atoms with Gasteiger partial charge in [0.15, 0.2) is 6.10 Å². The summed E-state index contributed by atoms with van der Waals surface area (Å²) in [4.78, 5) is 38.6. The lowest BCUT2D eigenvalue weighted by molar-refractivity contribution is -0.157. The van der Waals surface area contributed by atoms with E-state index in [1.165, 1.54) is 6.92 Å². The number of hydrogen-bond acceptors (Lipinski definition) is 4. The maximum Gasteiger partial charge on any atom is 0.312 e. The Hall–Kier alpha value is -2.86. The summed E-state index contributed by atoms with van der Waals surface area (Å²) >= 11 is 6.02. The van der Waals surface area contributed by atoms with Gasteiger partial charge in [-0.15, -0.1) is 0 Å². The lowest BCUT2D eigenvalue weighted by atomic mass is 10.1. The van der Waals surface area contributed by atoms with Crippen LogP contribution < -0.4 is 10.2 Å². The second-order valence-electron chi connectivity index (χ2n) is 6.79. The van der Waals surface area contributed by atoms with E-state index in [4.69, 9.17) is 16.3 Å². The van der Waals surface area contributed by atoms with Gasteiger partial charge >= 0.3 is 5.97 Å². The van der Waals surface area contributed by atoms with Gasteiger partial charge < -0.3 is 15.0 Å². The number of carbonyl (C=O) groups excluding carboxylic acids is 3. The Kier molecular flexibility index (Phi) is 5.99. The first kappa shape index (κ1) is 19.9. The molecule has 146 valence electrons. The highest BCUT2D eigenvalue weighted by Crippen LogP contribution is 2.26. The van der Waals surface area contributed by atoms with Gasteiger partial charge in [0, 0.05) is 18.7 Å². The van der Waals surface area contributed by atoms with Crippen LogP contribution in [-0.4, -0.2) is 30.4 Å². The van der Waals surface area contributed by atoms with Crippen molar-refractivity contribution in [1.82, 2.24) is 0 Å². The third-order valence-electron chi connectivity index (χ3n) is 4.60. The van der Waals surface area contributed by atoms with Crippen LogP contribution in [0.4, 0.5) is 11.4 Å². The molecule has 7 heteroatoms. The van der Waals surface area contributed by atoms with E-state index in [-0.39, 0.29) is 18.9 Å². The van der Waals surface area contributed by atoms with Crippen LogP contribution in [0.1, 0.15) is 18.9 Å². The fourth-order valence-electron chi connectivity index (χ4n) is 2.96. The van der Waals surface area contributed by atoms with E-state index in [1.807, 2.05) is 31.2 Å². The van der Waals surface area contributed by atoms with Crippen molar-refractivity contribution >= 4 is 40.8 Å². The molecule has 1 heterocycles. The molecule has 3 rings (SSSR count). The van der Waals surface area contributed by atoms with Crippen LogP contribution in [0.3, 0.4) is 0 Å². The van der Waals surface area contributed by atoms with Crippen molar-refractivity contribution in [2.45, 2.75) is 26.4 Å². The Balaban J connectivity index is 1.58. The van der Waals surface area contributed by atoms with Gasteiger partial charge in [0.2, 0.25) is 5.91 Å². The van der Waals surface area contributed by atoms with Crippen molar-refractivity contribution < 1.29 is 19.1 Å². The molecule has 28 heavy (non-hydrogen) atoms. The van der Waals surface area contributed by atoms with Gasteiger partial charge in [0.05, 0.1) is 16.6 Å². The zero-order chi connectivity index (χ0) is 20.3. The van der Waals surface area contributed by atoms with Gasteiger partial charge in [0.25, 0.3) is 5.91 Å². The number of amides is 2. The second-order valence-corrected chi connectivity index (χ2v) is 7.20. The standard InChI is InChI=1S/C21H21ClN2O4/c1-13-7-9-16(10-8-13)24-12-15(11-19(24)25)21(27)28-14(2)20(26)23-18-6-4-3-5-17(18)22/h3-10,14-15H,11-12H2,1-2H3,(H,23,26)/t14-,15+/m0/s1. The first-order chi connectivity index (χ1) is 13.3. The average molecular weight is 401 g/mol.